The summed E-state index contributed by atoms with van der Waals surface area (Å²) in [5.41, 5.74) is 2.68. The molecule has 6 heteroatoms. The lowest BCUT2D eigenvalue weighted by Crippen LogP contribution is -2.60. The monoisotopic (exact) mass is 457 g/mol. The van der Waals surface area contributed by atoms with Crippen LogP contribution in [0.2, 0.25) is 0 Å². The fourth-order valence-electron chi connectivity index (χ4n) is 4.20. The van der Waals surface area contributed by atoms with Gasteiger partial charge in [-0.3, -0.25) is 0 Å². The van der Waals surface area contributed by atoms with Crippen molar-refractivity contribution in [2.75, 3.05) is 16.8 Å². The first-order valence-electron chi connectivity index (χ1n) is 9.46. The molecule has 2 aromatic rings. The van der Waals surface area contributed by atoms with Crippen molar-refractivity contribution in [2.45, 2.75) is 44.8 Å². The molecule has 1 N–H and O–H groups in total. The molecule has 2 aliphatic heterocycles. The first-order chi connectivity index (χ1) is 13.3. The molecule has 0 unspecified atom stereocenters. The average molecular weight is 458 g/mol. The van der Waals surface area contributed by atoms with Crippen LogP contribution in [0, 0.1) is 6.92 Å². The zero-order valence-corrected chi connectivity index (χ0v) is 18.7. The topological polar surface area (TPSA) is 36.9 Å². The maximum Gasteiger partial charge on any atom is 0.202 e. The van der Waals surface area contributed by atoms with Crippen molar-refractivity contribution in [1.29, 1.82) is 0 Å². The molecule has 2 heterocycles. The second-order valence-electron chi connectivity index (χ2n) is 8.06. The van der Waals surface area contributed by atoms with Gasteiger partial charge in [-0.15, -0.1) is 0 Å². The molecule has 0 saturated carbocycles. The predicted octanol–water partition coefficient (Wildman–Crippen LogP) is 5.70. The zero-order valence-electron chi connectivity index (χ0n) is 16.3. The number of nitrogens with zero attached hydrogens (tertiary/aromatic N) is 2. The molecule has 0 amide bonds. The van der Waals surface area contributed by atoms with E-state index in [1.54, 1.807) is 0 Å². The molecule has 1 spiro atoms. The fourth-order valence-corrected chi connectivity index (χ4v) is 4.84. The third kappa shape index (κ3) is 3.49. The van der Waals surface area contributed by atoms with Gasteiger partial charge in [-0.25, -0.2) is 4.99 Å². The maximum atomic E-state index is 6.05. The quantitative estimate of drug-likeness (QED) is 0.586. The standard InChI is InChI=1S/C22H24BrN3OS/c1-15-6-4-5-7-18(15)24-19-22(12-13-27-21(2,3)14-22)26(20(28)25-19)17-10-8-16(23)9-11-17/h4-11H,12-14H2,1-3H3,(H,24,25,28)/t22-/m0/s1. The first-order valence-corrected chi connectivity index (χ1v) is 10.7. The molecular weight excluding hydrogens is 434 g/mol. The van der Waals surface area contributed by atoms with Crippen LogP contribution in [0.25, 0.3) is 0 Å². The van der Waals surface area contributed by atoms with E-state index in [9.17, 15) is 0 Å². The molecule has 2 aliphatic rings. The molecule has 0 aromatic heterocycles. The smallest absolute Gasteiger partial charge is 0.202 e. The van der Waals surface area contributed by atoms with Gasteiger partial charge in [-0.1, -0.05) is 34.1 Å². The number of hydrogen-bond acceptors (Lipinski definition) is 3. The number of nitrogens with one attached hydrogen (secondary N) is 1. The van der Waals surface area contributed by atoms with Crippen LogP contribution in [0.4, 0.5) is 11.4 Å². The van der Waals surface area contributed by atoms with Crippen LogP contribution in [0.15, 0.2) is 58.0 Å². The number of rotatable bonds is 2. The van der Waals surface area contributed by atoms with Crippen LogP contribution >= 0.6 is 28.1 Å². The molecule has 146 valence electrons. The summed E-state index contributed by atoms with van der Waals surface area (Å²) in [4.78, 5) is 7.05. The molecule has 28 heavy (non-hydrogen) atoms. The van der Waals surface area contributed by atoms with E-state index in [0.29, 0.717) is 11.7 Å². The average Bonchev–Trinajstić information content (AvgIpc) is 2.88. The van der Waals surface area contributed by atoms with Gasteiger partial charge in [-0.05, 0) is 68.9 Å². The van der Waals surface area contributed by atoms with Crippen LogP contribution < -0.4 is 10.2 Å². The van der Waals surface area contributed by atoms with E-state index in [4.69, 9.17) is 21.9 Å². The molecule has 1 atom stereocenters. The highest BCUT2D eigenvalue weighted by Crippen LogP contribution is 2.44. The van der Waals surface area contributed by atoms with Crippen molar-refractivity contribution in [2.24, 2.45) is 4.99 Å². The summed E-state index contributed by atoms with van der Waals surface area (Å²) in [6.07, 6.45) is 1.62. The second-order valence-corrected chi connectivity index (χ2v) is 9.34. The molecule has 0 bridgehead atoms. The van der Waals surface area contributed by atoms with Crippen molar-refractivity contribution in [3.8, 4) is 0 Å². The lowest BCUT2D eigenvalue weighted by atomic mass is 9.79. The minimum Gasteiger partial charge on any atom is -0.375 e. The Kier molecular flexibility index (Phi) is 5.06. The van der Waals surface area contributed by atoms with E-state index in [1.807, 2.05) is 24.3 Å². The molecule has 1 fully saturated rings. The molecule has 4 rings (SSSR count). The van der Waals surface area contributed by atoms with Crippen LogP contribution in [0.3, 0.4) is 0 Å². The van der Waals surface area contributed by atoms with Gasteiger partial charge in [0, 0.05) is 35.3 Å². The van der Waals surface area contributed by atoms with Crippen molar-refractivity contribution in [1.82, 2.24) is 0 Å². The molecule has 0 radical (unpaired) electrons. The summed E-state index contributed by atoms with van der Waals surface area (Å²) in [6.45, 7) is 7.04. The Morgan fingerprint density at radius 1 is 1.14 bits per heavy atom. The lowest BCUT2D eigenvalue weighted by molar-refractivity contribution is -0.0661. The number of aliphatic imine (C=N–C) groups is 1. The fraction of sp³-hybridized carbons (Fsp3) is 0.364. The molecule has 2 aromatic carbocycles. The number of benzene rings is 2. The maximum absolute atomic E-state index is 6.05. The highest BCUT2D eigenvalue weighted by atomic mass is 79.9. The van der Waals surface area contributed by atoms with Gasteiger partial charge in [0.1, 0.15) is 11.4 Å². The number of amidine groups is 1. The number of para-hydroxylation sites is 1. The van der Waals surface area contributed by atoms with E-state index in [0.717, 1.165) is 34.5 Å². The molecule has 4 nitrogen and oxygen atoms in total. The largest absolute Gasteiger partial charge is 0.375 e. The second kappa shape index (κ2) is 7.25. The number of hydrogen-bond donors (Lipinski definition) is 1. The summed E-state index contributed by atoms with van der Waals surface area (Å²) in [5, 5.41) is 4.20. The minimum absolute atomic E-state index is 0.264. The Balaban J connectivity index is 1.79. The number of halogens is 1. The van der Waals surface area contributed by atoms with Crippen molar-refractivity contribution < 1.29 is 4.74 Å². The Bertz CT molecular complexity index is 941. The molecule has 0 aliphatic carbocycles. The summed E-state index contributed by atoms with van der Waals surface area (Å²) in [7, 11) is 0. The minimum atomic E-state index is -0.352. The highest BCUT2D eigenvalue weighted by Gasteiger charge is 2.53. The summed E-state index contributed by atoms with van der Waals surface area (Å²) >= 11 is 9.28. The van der Waals surface area contributed by atoms with Crippen molar-refractivity contribution in [3.63, 3.8) is 0 Å². The van der Waals surface area contributed by atoms with Gasteiger partial charge in [0.05, 0.1) is 5.60 Å². The van der Waals surface area contributed by atoms with Gasteiger partial charge in [0.25, 0.3) is 0 Å². The van der Waals surface area contributed by atoms with E-state index in [2.05, 4.69) is 71.2 Å². The third-order valence-corrected chi connectivity index (χ3v) is 6.28. The van der Waals surface area contributed by atoms with Crippen LogP contribution in [0.5, 0.6) is 0 Å². The van der Waals surface area contributed by atoms with Gasteiger partial charge >= 0.3 is 0 Å². The van der Waals surface area contributed by atoms with Crippen LogP contribution in [-0.2, 0) is 4.74 Å². The van der Waals surface area contributed by atoms with Crippen LogP contribution in [0.1, 0.15) is 32.3 Å². The summed E-state index contributed by atoms with van der Waals surface area (Å²) in [5.74, 6) is 0.908. The van der Waals surface area contributed by atoms with Gasteiger partial charge in [0.15, 0.2) is 0 Å². The Morgan fingerprint density at radius 3 is 2.54 bits per heavy atom. The third-order valence-electron chi connectivity index (χ3n) is 5.48. The van der Waals surface area contributed by atoms with Gasteiger partial charge in [-0.2, -0.15) is 0 Å². The molecule has 1 saturated heterocycles. The van der Waals surface area contributed by atoms with E-state index in [-0.39, 0.29) is 11.1 Å². The van der Waals surface area contributed by atoms with Gasteiger partial charge < -0.3 is 15.0 Å². The lowest BCUT2D eigenvalue weighted by Gasteiger charge is -2.48. The van der Waals surface area contributed by atoms with Crippen molar-refractivity contribution >= 4 is 50.5 Å². The number of ether oxygens (including phenoxy) is 1. The number of anilines is 2. The van der Waals surface area contributed by atoms with E-state index < -0.39 is 0 Å². The Morgan fingerprint density at radius 2 is 1.86 bits per heavy atom. The number of aryl methyl sites for hydroxylation is 1. The predicted molar refractivity (Wildman–Crippen MR) is 123 cm³/mol. The SMILES string of the molecule is Cc1ccccc1NC1=NC(=S)N(c2ccc(Br)cc2)[C@]12CCOC(C)(C)C2. The van der Waals surface area contributed by atoms with Gasteiger partial charge in [0.2, 0.25) is 5.11 Å². The summed E-state index contributed by atoms with van der Waals surface area (Å²) < 4.78 is 7.10. The summed E-state index contributed by atoms with van der Waals surface area (Å²) in [6, 6.07) is 16.5. The Hall–Kier alpha value is -1.76. The zero-order chi connectivity index (χ0) is 19.9. The Labute approximate surface area is 180 Å². The normalized spacial score (nSPS) is 23.8. The van der Waals surface area contributed by atoms with E-state index >= 15 is 0 Å². The first kappa shape index (κ1) is 19.6. The molecular formula is C22H24BrN3OS. The number of thiocarbonyl (C=S) groups is 1. The highest BCUT2D eigenvalue weighted by molar-refractivity contribution is 9.10. The van der Waals surface area contributed by atoms with Crippen molar-refractivity contribution in [3.05, 3.63) is 58.6 Å². The van der Waals surface area contributed by atoms with E-state index in [1.165, 1.54) is 5.56 Å². The van der Waals surface area contributed by atoms with Crippen LogP contribution in [-0.4, -0.2) is 28.7 Å².